The quantitative estimate of drug-likeness (QED) is 0.726. The first-order valence-electron chi connectivity index (χ1n) is 7.95. The van der Waals surface area contributed by atoms with Crippen molar-refractivity contribution in [1.82, 2.24) is 9.62 Å². The Bertz CT molecular complexity index is 734. The zero-order chi connectivity index (χ0) is 18.4. The van der Waals surface area contributed by atoms with Crippen LogP contribution in [0.5, 0.6) is 5.75 Å². The van der Waals surface area contributed by atoms with Gasteiger partial charge in [-0.25, -0.2) is 13.2 Å². The Hall–Kier alpha value is -2.13. The third-order valence-corrected chi connectivity index (χ3v) is 5.20. The van der Waals surface area contributed by atoms with Gasteiger partial charge in [0, 0.05) is 13.1 Å². The van der Waals surface area contributed by atoms with Crippen LogP contribution in [-0.4, -0.2) is 55.2 Å². The van der Waals surface area contributed by atoms with Crippen molar-refractivity contribution in [3.63, 3.8) is 0 Å². The number of carbonyl (C=O) groups excluding carboxylic acids is 1. The van der Waals surface area contributed by atoms with Gasteiger partial charge in [-0.05, 0) is 30.5 Å². The van der Waals surface area contributed by atoms with Gasteiger partial charge in [-0.2, -0.15) is 4.31 Å². The van der Waals surface area contributed by atoms with Crippen LogP contribution in [0.4, 0.5) is 0 Å². The maximum atomic E-state index is 12.4. The molecule has 0 unspecified atom stereocenters. The highest BCUT2D eigenvalue weighted by atomic mass is 32.2. The van der Waals surface area contributed by atoms with E-state index in [1.54, 1.807) is 24.3 Å². The second-order valence-electron chi connectivity index (χ2n) is 5.93. The lowest BCUT2D eigenvalue weighted by atomic mass is 10.0. The number of aliphatic carboxylic acids is 1. The molecule has 9 heteroatoms. The minimum Gasteiger partial charge on any atom is -0.482 e. The van der Waals surface area contributed by atoms with Crippen molar-refractivity contribution in [2.75, 3.05) is 19.4 Å². The number of benzene rings is 1. The number of sulfonamides is 1. The average Bonchev–Trinajstić information content (AvgIpc) is 2.57. The van der Waals surface area contributed by atoms with E-state index < -0.39 is 28.6 Å². The second kappa shape index (κ2) is 8.30. The first-order valence-corrected chi connectivity index (χ1v) is 9.80. The maximum Gasteiger partial charge on any atom is 0.341 e. The number of piperidine rings is 1. The van der Waals surface area contributed by atoms with E-state index in [1.165, 1.54) is 4.31 Å². The fourth-order valence-electron chi connectivity index (χ4n) is 2.76. The van der Waals surface area contributed by atoms with Crippen LogP contribution in [0.15, 0.2) is 24.3 Å². The molecule has 0 bridgehead atoms. The Morgan fingerprint density at radius 2 is 2.12 bits per heavy atom. The summed E-state index contributed by atoms with van der Waals surface area (Å²) >= 11 is 0. The van der Waals surface area contributed by atoms with Crippen LogP contribution in [0.3, 0.4) is 0 Å². The molecule has 8 nitrogen and oxygen atoms in total. The highest BCUT2D eigenvalue weighted by molar-refractivity contribution is 7.88. The average molecular weight is 370 g/mol. The first-order chi connectivity index (χ1) is 11.8. The molecular weight excluding hydrogens is 348 g/mol. The van der Waals surface area contributed by atoms with Crippen molar-refractivity contribution in [3.05, 3.63) is 29.8 Å². The molecular formula is C16H22N2O6S. The third kappa shape index (κ3) is 5.71. The predicted octanol–water partition coefficient (Wildman–Crippen LogP) is 0.580. The van der Waals surface area contributed by atoms with Gasteiger partial charge in [0.2, 0.25) is 15.9 Å². The van der Waals surface area contributed by atoms with Crippen molar-refractivity contribution in [2.45, 2.75) is 31.8 Å². The van der Waals surface area contributed by atoms with Gasteiger partial charge < -0.3 is 15.2 Å². The molecule has 0 spiro atoms. The smallest absolute Gasteiger partial charge is 0.341 e. The van der Waals surface area contributed by atoms with E-state index >= 15 is 0 Å². The van der Waals surface area contributed by atoms with E-state index in [2.05, 4.69) is 5.32 Å². The highest BCUT2D eigenvalue weighted by Gasteiger charge is 2.34. The summed E-state index contributed by atoms with van der Waals surface area (Å²) in [7, 11) is -3.43. The van der Waals surface area contributed by atoms with Gasteiger partial charge in [0.1, 0.15) is 11.8 Å². The van der Waals surface area contributed by atoms with Crippen molar-refractivity contribution < 1.29 is 27.9 Å². The number of ether oxygens (including phenoxy) is 1. The molecule has 25 heavy (non-hydrogen) atoms. The summed E-state index contributed by atoms with van der Waals surface area (Å²) in [5.74, 6) is -1.01. The number of carboxylic acid groups (broad SMARTS) is 1. The molecule has 1 fully saturated rings. The summed E-state index contributed by atoms with van der Waals surface area (Å²) < 4.78 is 30.0. The van der Waals surface area contributed by atoms with Gasteiger partial charge in [-0.15, -0.1) is 0 Å². The Kier molecular flexibility index (Phi) is 6.38. The molecule has 0 aliphatic carbocycles. The van der Waals surface area contributed by atoms with E-state index in [9.17, 15) is 18.0 Å². The molecule has 1 aliphatic rings. The lowest BCUT2D eigenvalue weighted by Crippen LogP contribution is -2.51. The van der Waals surface area contributed by atoms with E-state index in [0.717, 1.165) is 24.7 Å². The molecule has 138 valence electrons. The SMILES string of the molecule is CS(=O)(=O)N1CCCC[C@H]1C(=O)NCc1cccc(OCC(=O)O)c1. The molecule has 1 atom stereocenters. The molecule has 1 aromatic rings. The minimum absolute atomic E-state index is 0.206. The van der Waals surface area contributed by atoms with Crippen LogP contribution in [0.2, 0.25) is 0 Å². The molecule has 2 N–H and O–H groups in total. The van der Waals surface area contributed by atoms with Crippen LogP contribution in [0, 0.1) is 0 Å². The van der Waals surface area contributed by atoms with Crippen LogP contribution >= 0.6 is 0 Å². The third-order valence-electron chi connectivity index (χ3n) is 3.91. The van der Waals surface area contributed by atoms with Gasteiger partial charge in [-0.1, -0.05) is 18.6 Å². The lowest BCUT2D eigenvalue weighted by Gasteiger charge is -2.32. The minimum atomic E-state index is -3.43. The molecule has 2 rings (SSSR count). The number of carbonyl (C=O) groups is 2. The Morgan fingerprint density at radius 3 is 2.80 bits per heavy atom. The van der Waals surface area contributed by atoms with Gasteiger partial charge in [-0.3, -0.25) is 4.79 Å². The molecule has 0 radical (unpaired) electrons. The lowest BCUT2D eigenvalue weighted by molar-refractivity contribution is -0.139. The summed E-state index contributed by atoms with van der Waals surface area (Å²) in [6.45, 7) is 0.119. The molecule has 1 amide bonds. The number of carboxylic acids is 1. The van der Waals surface area contributed by atoms with Crippen molar-refractivity contribution in [2.24, 2.45) is 0 Å². The summed E-state index contributed by atoms with van der Waals surface area (Å²) in [5.41, 5.74) is 0.734. The summed E-state index contributed by atoms with van der Waals surface area (Å²) in [5, 5.41) is 11.4. The fraction of sp³-hybridized carbons (Fsp3) is 0.500. The van der Waals surface area contributed by atoms with Crippen molar-refractivity contribution in [3.8, 4) is 5.75 Å². The summed E-state index contributed by atoms with van der Waals surface area (Å²) in [6.07, 6.45) is 3.17. The predicted molar refractivity (Wildman–Crippen MR) is 90.6 cm³/mol. The standard InChI is InChI=1S/C16H22N2O6S/c1-25(22,23)18-8-3-2-7-14(18)16(21)17-10-12-5-4-6-13(9-12)24-11-15(19)20/h4-6,9,14H,2-3,7-8,10-11H2,1H3,(H,17,21)(H,19,20)/t14-/m0/s1. The number of hydrogen-bond acceptors (Lipinski definition) is 5. The number of nitrogens with one attached hydrogen (secondary N) is 1. The van der Waals surface area contributed by atoms with Gasteiger partial charge in [0.05, 0.1) is 6.26 Å². The zero-order valence-corrected chi connectivity index (χ0v) is 14.8. The molecule has 1 aromatic carbocycles. The number of amides is 1. The monoisotopic (exact) mass is 370 g/mol. The zero-order valence-electron chi connectivity index (χ0n) is 14.0. The Morgan fingerprint density at radius 1 is 1.36 bits per heavy atom. The Labute approximate surface area is 146 Å². The van der Waals surface area contributed by atoms with Crippen LogP contribution < -0.4 is 10.1 Å². The molecule has 1 saturated heterocycles. The van der Waals surface area contributed by atoms with E-state index in [4.69, 9.17) is 9.84 Å². The second-order valence-corrected chi connectivity index (χ2v) is 7.87. The number of rotatable bonds is 7. The highest BCUT2D eigenvalue weighted by Crippen LogP contribution is 2.20. The maximum absolute atomic E-state index is 12.4. The van der Waals surface area contributed by atoms with Gasteiger partial charge in [0.25, 0.3) is 0 Å². The van der Waals surface area contributed by atoms with E-state index in [-0.39, 0.29) is 12.5 Å². The normalized spacial score (nSPS) is 18.5. The fourth-order valence-corrected chi connectivity index (χ4v) is 3.89. The van der Waals surface area contributed by atoms with E-state index in [1.807, 2.05) is 0 Å². The van der Waals surface area contributed by atoms with Gasteiger partial charge >= 0.3 is 5.97 Å². The van der Waals surface area contributed by atoms with Crippen LogP contribution in [-0.2, 0) is 26.2 Å². The largest absolute Gasteiger partial charge is 0.482 e. The summed E-state index contributed by atoms with van der Waals surface area (Å²) in [4.78, 5) is 22.9. The van der Waals surface area contributed by atoms with E-state index in [0.29, 0.717) is 18.7 Å². The molecule has 1 heterocycles. The first kappa shape index (κ1) is 19.2. The summed E-state index contributed by atoms with van der Waals surface area (Å²) in [6, 6.07) is 6.04. The number of nitrogens with zero attached hydrogens (tertiary/aromatic N) is 1. The topological polar surface area (TPSA) is 113 Å². The number of hydrogen-bond donors (Lipinski definition) is 2. The molecule has 0 saturated carbocycles. The Balaban J connectivity index is 1.97. The molecule has 1 aliphatic heterocycles. The van der Waals surface area contributed by atoms with Crippen molar-refractivity contribution in [1.29, 1.82) is 0 Å². The van der Waals surface area contributed by atoms with Crippen molar-refractivity contribution >= 4 is 21.9 Å². The van der Waals surface area contributed by atoms with Crippen LogP contribution in [0.1, 0.15) is 24.8 Å². The van der Waals surface area contributed by atoms with Gasteiger partial charge in [0.15, 0.2) is 6.61 Å². The molecule has 0 aromatic heterocycles. The van der Waals surface area contributed by atoms with Crippen LogP contribution in [0.25, 0.3) is 0 Å².